The fourth-order valence-corrected chi connectivity index (χ4v) is 1.65. The quantitative estimate of drug-likeness (QED) is 0.595. The molecule has 1 fully saturated rings. The highest BCUT2D eigenvalue weighted by Gasteiger charge is 2.29. The first-order valence-corrected chi connectivity index (χ1v) is 5.76. The molecule has 3 unspecified atom stereocenters. The molecule has 1 saturated heterocycles. The maximum Gasteiger partial charge on any atom is 0.237 e. The van der Waals surface area contributed by atoms with Gasteiger partial charge in [0.25, 0.3) is 0 Å². The number of methoxy groups -OCH3 is 1. The third-order valence-corrected chi connectivity index (χ3v) is 3.00. The minimum atomic E-state index is -0.483. The summed E-state index contributed by atoms with van der Waals surface area (Å²) in [5.41, 5.74) is 0. The van der Waals surface area contributed by atoms with Gasteiger partial charge in [0.15, 0.2) is 0 Å². The number of carbonyl (C=O) groups is 1. The lowest BCUT2D eigenvalue weighted by atomic mass is 10.1. The van der Waals surface area contributed by atoms with Gasteiger partial charge in [-0.05, 0) is 12.3 Å². The van der Waals surface area contributed by atoms with Crippen molar-refractivity contribution in [2.24, 2.45) is 5.92 Å². The van der Waals surface area contributed by atoms with Crippen LogP contribution in [0.4, 0.5) is 0 Å². The number of carbonyl (C=O) groups excluding carboxylic acids is 1. The van der Waals surface area contributed by atoms with E-state index in [-0.39, 0.29) is 24.0 Å². The maximum atomic E-state index is 11.7. The molecule has 1 aliphatic rings. The van der Waals surface area contributed by atoms with Gasteiger partial charge in [-0.1, -0.05) is 13.8 Å². The Morgan fingerprint density at radius 1 is 1.62 bits per heavy atom. The minimum Gasteiger partial charge on any atom is -0.391 e. The molecule has 5 nitrogen and oxygen atoms in total. The van der Waals surface area contributed by atoms with Crippen LogP contribution in [0.5, 0.6) is 0 Å². The second-order valence-corrected chi connectivity index (χ2v) is 4.61. The number of aliphatic hydroxyl groups excluding tert-OH is 1. The van der Waals surface area contributed by atoms with Gasteiger partial charge in [-0.2, -0.15) is 0 Å². The highest BCUT2D eigenvalue weighted by molar-refractivity contribution is 5.82. The summed E-state index contributed by atoms with van der Waals surface area (Å²) in [6.07, 6.45) is 0.328. The third-order valence-electron chi connectivity index (χ3n) is 3.00. The molecule has 0 radical (unpaired) electrons. The van der Waals surface area contributed by atoms with E-state index in [9.17, 15) is 9.90 Å². The van der Waals surface area contributed by atoms with Crippen LogP contribution in [0.25, 0.3) is 0 Å². The van der Waals surface area contributed by atoms with Crippen LogP contribution in [0.2, 0.25) is 0 Å². The van der Waals surface area contributed by atoms with Crippen molar-refractivity contribution in [2.45, 2.75) is 38.5 Å². The highest BCUT2D eigenvalue weighted by atomic mass is 16.5. The molecule has 0 aromatic rings. The van der Waals surface area contributed by atoms with Crippen LogP contribution in [0.1, 0.15) is 20.3 Å². The van der Waals surface area contributed by atoms with Gasteiger partial charge in [-0.3, -0.25) is 4.79 Å². The van der Waals surface area contributed by atoms with Crippen LogP contribution < -0.4 is 10.6 Å². The molecule has 1 rings (SSSR count). The minimum absolute atomic E-state index is 0.0562. The van der Waals surface area contributed by atoms with E-state index in [1.54, 1.807) is 7.11 Å². The van der Waals surface area contributed by atoms with Crippen LogP contribution in [-0.4, -0.2) is 49.5 Å². The van der Waals surface area contributed by atoms with Gasteiger partial charge < -0.3 is 20.5 Å². The lowest BCUT2D eigenvalue weighted by Crippen LogP contribution is -2.44. The van der Waals surface area contributed by atoms with E-state index in [1.165, 1.54) is 0 Å². The summed E-state index contributed by atoms with van der Waals surface area (Å²) in [6.45, 7) is 4.87. The smallest absolute Gasteiger partial charge is 0.237 e. The Bertz CT molecular complexity index is 233. The predicted molar refractivity (Wildman–Crippen MR) is 61.1 cm³/mol. The summed E-state index contributed by atoms with van der Waals surface area (Å²) in [6, 6.07) is -0.190. The molecule has 1 aliphatic heterocycles. The van der Waals surface area contributed by atoms with Crippen molar-refractivity contribution in [2.75, 3.05) is 20.2 Å². The maximum absolute atomic E-state index is 11.7. The second kappa shape index (κ2) is 6.18. The zero-order valence-corrected chi connectivity index (χ0v) is 10.2. The lowest BCUT2D eigenvalue weighted by Gasteiger charge is -2.17. The van der Waals surface area contributed by atoms with Crippen LogP contribution >= 0.6 is 0 Å². The number of hydrogen-bond acceptors (Lipinski definition) is 4. The molecule has 0 saturated carbocycles. The number of ether oxygens (including phenoxy) is 1. The van der Waals surface area contributed by atoms with Crippen LogP contribution in [0, 0.1) is 5.92 Å². The van der Waals surface area contributed by atoms with Crippen molar-refractivity contribution in [1.29, 1.82) is 0 Å². The van der Waals surface area contributed by atoms with Gasteiger partial charge in [0.1, 0.15) is 0 Å². The average Bonchev–Trinajstić information content (AvgIpc) is 2.73. The van der Waals surface area contributed by atoms with Gasteiger partial charge >= 0.3 is 0 Å². The Morgan fingerprint density at radius 3 is 2.81 bits per heavy atom. The fraction of sp³-hybridized carbons (Fsp3) is 0.909. The first-order chi connectivity index (χ1) is 7.54. The van der Waals surface area contributed by atoms with E-state index in [1.807, 2.05) is 13.8 Å². The molecule has 16 heavy (non-hydrogen) atoms. The number of rotatable bonds is 5. The topological polar surface area (TPSA) is 70.6 Å². The van der Waals surface area contributed by atoms with Crippen molar-refractivity contribution >= 4 is 5.91 Å². The largest absolute Gasteiger partial charge is 0.391 e. The summed E-state index contributed by atoms with van der Waals surface area (Å²) in [7, 11) is 1.65. The number of hydrogen-bond donors (Lipinski definition) is 3. The Labute approximate surface area is 96.6 Å². The van der Waals surface area contributed by atoms with Gasteiger partial charge in [0, 0.05) is 20.2 Å². The first-order valence-electron chi connectivity index (χ1n) is 5.76. The Balaban J connectivity index is 2.26. The average molecular weight is 230 g/mol. The molecule has 1 amide bonds. The summed E-state index contributed by atoms with van der Waals surface area (Å²) in [5.74, 6) is 0.0998. The van der Waals surface area contributed by atoms with Crippen LogP contribution in [0.15, 0.2) is 0 Å². The van der Waals surface area contributed by atoms with Crippen LogP contribution in [-0.2, 0) is 9.53 Å². The fourth-order valence-electron chi connectivity index (χ4n) is 1.65. The van der Waals surface area contributed by atoms with Crippen molar-refractivity contribution in [3.63, 3.8) is 0 Å². The molecule has 0 aromatic carbocycles. The standard InChI is InChI=1S/C11H22N2O3/c1-7(2)10(14)6-13-11(15)9-4-8(16-3)5-12-9/h7-10,12,14H,4-6H2,1-3H3,(H,13,15). The summed E-state index contributed by atoms with van der Waals surface area (Å²) in [4.78, 5) is 11.7. The molecule has 0 aliphatic carbocycles. The highest BCUT2D eigenvalue weighted by Crippen LogP contribution is 2.09. The summed E-state index contributed by atoms with van der Waals surface area (Å²) in [5, 5.41) is 15.4. The number of nitrogens with one attached hydrogen (secondary N) is 2. The van der Waals surface area contributed by atoms with Gasteiger partial charge in [-0.25, -0.2) is 0 Å². The monoisotopic (exact) mass is 230 g/mol. The van der Waals surface area contributed by atoms with Crippen molar-refractivity contribution in [3.05, 3.63) is 0 Å². The van der Waals surface area contributed by atoms with E-state index in [4.69, 9.17) is 4.74 Å². The first kappa shape index (κ1) is 13.4. The SMILES string of the molecule is COC1CNC(C(=O)NCC(O)C(C)C)C1. The normalized spacial score (nSPS) is 27.1. The van der Waals surface area contributed by atoms with Crippen molar-refractivity contribution in [3.8, 4) is 0 Å². The molecule has 0 spiro atoms. The number of amides is 1. The zero-order chi connectivity index (χ0) is 12.1. The molecule has 1 heterocycles. The van der Waals surface area contributed by atoms with Crippen LogP contribution in [0.3, 0.4) is 0 Å². The molecular formula is C11H22N2O3. The van der Waals surface area contributed by atoms with Crippen molar-refractivity contribution < 1.29 is 14.6 Å². The van der Waals surface area contributed by atoms with Crippen molar-refractivity contribution in [1.82, 2.24) is 10.6 Å². The second-order valence-electron chi connectivity index (χ2n) is 4.61. The molecule has 0 bridgehead atoms. The Hall–Kier alpha value is -0.650. The Kier molecular flexibility index (Phi) is 5.18. The van der Waals surface area contributed by atoms with E-state index < -0.39 is 6.10 Å². The molecule has 0 aromatic heterocycles. The summed E-state index contributed by atoms with van der Waals surface area (Å²) >= 11 is 0. The van der Waals surface area contributed by atoms with E-state index in [0.29, 0.717) is 19.5 Å². The van der Waals surface area contributed by atoms with E-state index >= 15 is 0 Å². The molecule has 94 valence electrons. The zero-order valence-electron chi connectivity index (χ0n) is 10.2. The third kappa shape index (κ3) is 3.73. The molecule has 5 heteroatoms. The van der Waals surface area contributed by atoms with E-state index in [0.717, 1.165) is 0 Å². The van der Waals surface area contributed by atoms with Gasteiger partial charge in [0.2, 0.25) is 5.91 Å². The Morgan fingerprint density at radius 2 is 2.31 bits per heavy atom. The molecule has 3 N–H and O–H groups in total. The van der Waals surface area contributed by atoms with Gasteiger partial charge in [0.05, 0.1) is 18.2 Å². The summed E-state index contributed by atoms with van der Waals surface area (Å²) < 4.78 is 5.16. The number of aliphatic hydroxyl groups is 1. The molecule has 3 atom stereocenters. The predicted octanol–water partition coefficient (Wildman–Crippen LogP) is -0.504. The van der Waals surface area contributed by atoms with E-state index in [2.05, 4.69) is 10.6 Å². The van der Waals surface area contributed by atoms with Gasteiger partial charge in [-0.15, -0.1) is 0 Å². The lowest BCUT2D eigenvalue weighted by molar-refractivity contribution is -0.123. The molecular weight excluding hydrogens is 208 g/mol.